The van der Waals surface area contributed by atoms with Crippen LogP contribution in [0.4, 0.5) is 4.39 Å². The monoisotopic (exact) mass is 266 g/mol. The van der Waals surface area contributed by atoms with Gasteiger partial charge in [0.2, 0.25) is 5.91 Å². The van der Waals surface area contributed by atoms with E-state index >= 15 is 0 Å². The number of nitrogens with zero attached hydrogens (tertiary/aromatic N) is 1. The molecule has 1 amide bonds. The number of carbonyl (C=O) groups excluding carboxylic acids is 1. The summed E-state index contributed by atoms with van der Waals surface area (Å²) in [6, 6.07) is 3.96. The van der Waals surface area contributed by atoms with E-state index in [1.54, 1.807) is 6.07 Å². The zero-order valence-corrected chi connectivity index (χ0v) is 10.0. The van der Waals surface area contributed by atoms with Gasteiger partial charge in [-0.05, 0) is 12.1 Å². The molecule has 7 heteroatoms. The first-order chi connectivity index (χ1) is 8.93. The smallest absolute Gasteiger partial charge is 0.329 e. The highest BCUT2D eigenvalue weighted by Gasteiger charge is 2.19. The predicted molar refractivity (Wildman–Crippen MR) is 61.9 cm³/mol. The lowest BCUT2D eigenvalue weighted by Gasteiger charge is -2.14. The highest BCUT2D eigenvalue weighted by Crippen LogP contribution is 2.16. The molecule has 0 spiro atoms. The van der Waals surface area contributed by atoms with E-state index < -0.39 is 23.7 Å². The van der Waals surface area contributed by atoms with Gasteiger partial charge in [0.15, 0.2) is 6.04 Å². The van der Waals surface area contributed by atoms with Crippen LogP contribution in [0, 0.1) is 17.1 Å². The molecule has 6 nitrogen and oxygen atoms in total. The van der Waals surface area contributed by atoms with Crippen molar-refractivity contribution in [2.24, 2.45) is 0 Å². The van der Waals surface area contributed by atoms with Crippen molar-refractivity contribution in [1.82, 2.24) is 5.32 Å². The van der Waals surface area contributed by atoms with E-state index in [1.165, 1.54) is 19.1 Å². The summed E-state index contributed by atoms with van der Waals surface area (Å²) in [5.74, 6) is -2.45. The summed E-state index contributed by atoms with van der Waals surface area (Å²) in [5.41, 5.74) is -0.135. The van der Waals surface area contributed by atoms with Gasteiger partial charge in [0.05, 0.1) is 5.56 Å². The predicted octanol–water partition coefficient (Wildman–Crippen LogP) is 0.665. The summed E-state index contributed by atoms with van der Waals surface area (Å²) in [4.78, 5) is 21.6. The van der Waals surface area contributed by atoms with Gasteiger partial charge >= 0.3 is 5.97 Å². The van der Waals surface area contributed by atoms with Crippen molar-refractivity contribution in [3.63, 3.8) is 0 Å². The molecular weight excluding hydrogens is 255 g/mol. The third-order valence-electron chi connectivity index (χ3n) is 2.15. The van der Waals surface area contributed by atoms with Gasteiger partial charge in [0.25, 0.3) is 0 Å². The van der Waals surface area contributed by atoms with E-state index in [-0.39, 0.29) is 17.9 Å². The van der Waals surface area contributed by atoms with Crippen molar-refractivity contribution in [3.8, 4) is 11.8 Å². The number of aliphatic carboxylic acids is 1. The molecule has 0 aliphatic rings. The van der Waals surface area contributed by atoms with Crippen molar-refractivity contribution in [2.45, 2.75) is 13.0 Å². The lowest BCUT2D eigenvalue weighted by molar-refractivity contribution is -0.142. The van der Waals surface area contributed by atoms with Gasteiger partial charge in [-0.3, -0.25) is 4.79 Å². The fourth-order valence-electron chi connectivity index (χ4n) is 1.28. The Bertz CT molecular complexity index is 539. The summed E-state index contributed by atoms with van der Waals surface area (Å²) in [6.45, 7) is 0.831. The number of amides is 1. The van der Waals surface area contributed by atoms with E-state index in [4.69, 9.17) is 15.1 Å². The normalized spacial score (nSPS) is 11.2. The molecule has 100 valence electrons. The average molecular weight is 266 g/mol. The second-order valence-corrected chi connectivity index (χ2v) is 3.66. The Morgan fingerprint density at radius 2 is 2.26 bits per heavy atom. The fourth-order valence-corrected chi connectivity index (χ4v) is 1.28. The number of hydrogen-bond donors (Lipinski definition) is 2. The highest BCUT2D eigenvalue weighted by atomic mass is 19.1. The number of rotatable bonds is 5. The Morgan fingerprint density at radius 3 is 2.74 bits per heavy atom. The summed E-state index contributed by atoms with van der Waals surface area (Å²) in [5, 5.41) is 19.5. The Balaban J connectivity index is 2.69. The average Bonchev–Trinajstić information content (AvgIpc) is 2.34. The van der Waals surface area contributed by atoms with Crippen molar-refractivity contribution in [3.05, 3.63) is 29.6 Å². The van der Waals surface area contributed by atoms with Gasteiger partial charge in [-0.1, -0.05) is 0 Å². The molecule has 0 fully saturated rings. The minimum absolute atomic E-state index is 0.0769. The van der Waals surface area contributed by atoms with Crippen LogP contribution in [-0.2, 0) is 9.59 Å². The van der Waals surface area contributed by atoms with Crippen LogP contribution < -0.4 is 10.1 Å². The maximum Gasteiger partial charge on any atom is 0.329 e. The van der Waals surface area contributed by atoms with Crippen LogP contribution in [0.2, 0.25) is 0 Å². The van der Waals surface area contributed by atoms with E-state index in [9.17, 15) is 14.0 Å². The van der Waals surface area contributed by atoms with Crippen molar-refractivity contribution in [2.75, 3.05) is 6.61 Å². The van der Waals surface area contributed by atoms with Crippen molar-refractivity contribution >= 4 is 11.9 Å². The zero-order chi connectivity index (χ0) is 14.4. The van der Waals surface area contributed by atoms with E-state index in [1.807, 2.05) is 0 Å². The molecule has 0 radical (unpaired) electrons. The molecule has 0 heterocycles. The number of benzene rings is 1. The number of carbonyl (C=O) groups is 2. The molecule has 0 aromatic heterocycles. The minimum atomic E-state index is -1.26. The standard InChI is InChI=1S/C12H11FN2O4/c1-7(16)15-11(12(17)18)6-19-9-3-2-8(5-14)10(13)4-9/h2-4,11H,6H2,1H3,(H,15,16)(H,17,18). The van der Waals surface area contributed by atoms with Gasteiger partial charge in [0.1, 0.15) is 24.2 Å². The molecule has 2 N–H and O–H groups in total. The Labute approximate surface area is 108 Å². The summed E-state index contributed by atoms with van der Waals surface area (Å²) < 4.78 is 18.3. The number of ether oxygens (including phenoxy) is 1. The van der Waals surface area contributed by atoms with E-state index in [2.05, 4.69) is 5.32 Å². The van der Waals surface area contributed by atoms with Crippen LogP contribution in [0.15, 0.2) is 18.2 Å². The van der Waals surface area contributed by atoms with Crippen LogP contribution in [-0.4, -0.2) is 29.6 Å². The summed E-state index contributed by atoms with van der Waals surface area (Å²) in [7, 11) is 0. The minimum Gasteiger partial charge on any atom is -0.491 e. The third kappa shape index (κ3) is 4.27. The molecule has 0 aliphatic carbocycles. The first kappa shape index (κ1) is 14.4. The number of carboxylic acids is 1. The number of nitrogens with one attached hydrogen (secondary N) is 1. The molecule has 0 bridgehead atoms. The summed E-state index contributed by atoms with van der Waals surface area (Å²) in [6.07, 6.45) is 0. The molecule has 1 aromatic carbocycles. The van der Waals surface area contributed by atoms with Crippen LogP contribution in [0.25, 0.3) is 0 Å². The molecule has 19 heavy (non-hydrogen) atoms. The molecule has 1 unspecified atom stereocenters. The Hall–Kier alpha value is -2.62. The van der Waals surface area contributed by atoms with Gasteiger partial charge in [-0.25, -0.2) is 9.18 Å². The maximum absolute atomic E-state index is 13.3. The van der Waals surface area contributed by atoms with Gasteiger partial charge in [-0.15, -0.1) is 0 Å². The van der Waals surface area contributed by atoms with Crippen molar-refractivity contribution < 1.29 is 23.8 Å². The first-order valence-electron chi connectivity index (χ1n) is 5.26. The SMILES string of the molecule is CC(=O)NC(COc1ccc(C#N)c(F)c1)C(=O)O. The quantitative estimate of drug-likeness (QED) is 0.815. The third-order valence-corrected chi connectivity index (χ3v) is 2.15. The van der Waals surface area contributed by atoms with E-state index in [0.717, 1.165) is 6.07 Å². The number of halogens is 1. The van der Waals surface area contributed by atoms with Crippen LogP contribution >= 0.6 is 0 Å². The number of carboxylic acid groups (broad SMARTS) is 1. The van der Waals surface area contributed by atoms with Gasteiger partial charge < -0.3 is 15.2 Å². The van der Waals surface area contributed by atoms with Crippen LogP contribution in [0.3, 0.4) is 0 Å². The molecule has 0 saturated heterocycles. The lowest BCUT2D eigenvalue weighted by Crippen LogP contribution is -2.43. The first-order valence-corrected chi connectivity index (χ1v) is 5.26. The van der Waals surface area contributed by atoms with Gasteiger partial charge in [-0.2, -0.15) is 5.26 Å². The molecule has 1 aromatic rings. The second-order valence-electron chi connectivity index (χ2n) is 3.66. The number of hydrogen-bond acceptors (Lipinski definition) is 4. The zero-order valence-electron chi connectivity index (χ0n) is 10.0. The van der Waals surface area contributed by atoms with E-state index in [0.29, 0.717) is 0 Å². The fraction of sp³-hybridized carbons (Fsp3) is 0.250. The molecule has 0 aliphatic heterocycles. The second kappa shape index (κ2) is 6.35. The topological polar surface area (TPSA) is 99.4 Å². The Morgan fingerprint density at radius 1 is 1.58 bits per heavy atom. The van der Waals surface area contributed by atoms with Gasteiger partial charge in [0, 0.05) is 13.0 Å². The van der Waals surface area contributed by atoms with Crippen LogP contribution in [0.1, 0.15) is 12.5 Å². The maximum atomic E-state index is 13.3. The lowest BCUT2D eigenvalue weighted by atomic mass is 10.2. The van der Waals surface area contributed by atoms with Crippen LogP contribution in [0.5, 0.6) is 5.75 Å². The number of nitriles is 1. The molecule has 1 atom stereocenters. The summed E-state index contributed by atoms with van der Waals surface area (Å²) >= 11 is 0. The molecule has 1 rings (SSSR count). The Kier molecular flexibility index (Phi) is 4.83. The molecular formula is C12H11FN2O4. The largest absolute Gasteiger partial charge is 0.491 e. The molecule has 0 saturated carbocycles. The van der Waals surface area contributed by atoms with Crippen molar-refractivity contribution in [1.29, 1.82) is 5.26 Å². The highest BCUT2D eigenvalue weighted by molar-refractivity contribution is 5.82.